The summed E-state index contributed by atoms with van der Waals surface area (Å²) in [7, 11) is -3.18. The molecule has 3 N–H and O–H groups in total. The van der Waals surface area contributed by atoms with Gasteiger partial charge in [0.05, 0.1) is 17.5 Å². The minimum atomic E-state index is -3.18. The number of hydrogen-bond donors (Lipinski definition) is 2. The number of sulfone groups is 1. The Bertz CT molecular complexity index is 448. The zero-order chi connectivity index (χ0) is 14.6. The van der Waals surface area contributed by atoms with E-state index in [0.29, 0.717) is 12.8 Å². The van der Waals surface area contributed by atoms with Crippen molar-refractivity contribution in [3.63, 3.8) is 0 Å². The molecule has 0 radical (unpaired) electrons. The molecule has 1 saturated heterocycles. The number of carboxylic acid groups (broad SMARTS) is 1. The molecule has 1 heterocycles. The van der Waals surface area contributed by atoms with Gasteiger partial charge in [0.25, 0.3) is 0 Å². The maximum Gasteiger partial charge on any atom is 0.323 e. The van der Waals surface area contributed by atoms with Crippen molar-refractivity contribution in [1.82, 2.24) is 4.90 Å². The molecule has 1 aliphatic rings. The summed E-state index contributed by atoms with van der Waals surface area (Å²) in [6.07, 6.45) is 1.44. The second kappa shape index (κ2) is 6.33. The van der Waals surface area contributed by atoms with Gasteiger partial charge in [-0.25, -0.2) is 8.42 Å². The van der Waals surface area contributed by atoms with Crippen molar-refractivity contribution in [1.29, 1.82) is 0 Å². The van der Waals surface area contributed by atoms with E-state index in [1.54, 1.807) is 0 Å². The third kappa shape index (κ3) is 4.46. The first-order chi connectivity index (χ1) is 8.76. The fourth-order valence-electron chi connectivity index (χ4n) is 2.20. The molecule has 1 unspecified atom stereocenters. The lowest BCUT2D eigenvalue weighted by molar-refractivity contribution is -0.146. The third-order valence-corrected chi connectivity index (χ3v) is 4.91. The molecule has 1 aliphatic heterocycles. The van der Waals surface area contributed by atoms with Crippen molar-refractivity contribution in [2.24, 2.45) is 5.73 Å². The van der Waals surface area contributed by atoms with Crippen LogP contribution in [-0.2, 0) is 19.4 Å². The first-order valence-electron chi connectivity index (χ1n) is 6.25. The van der Waals surface area contributed by atoms with Gasteiger partial charge in [0.15, 0.2) is 9.84 Å². The number of aliphatic carboxylic acids is 1. The number of amides is 1. The summed E-state index contributed by atoms with van der Waals surface area (Å²) in [6, 6.07) is -1.34. The number of hydrogen-bond acceptors (Lipinski definition) is 5. The van der Waals surface area contributed by atoms with Crippen molar-refractivity contribution < 1.29 is 23.1 Å². The summed E-state index contributed by atoms with van der Waals surface area (Å²) >= 11 is 0. The van der Waals surface area contributed by atoms with Gasteiger partial charge in [-0.15, -0.1) is 0 Å². The van der Waals surface area contributed by atoms with Crippen LogP contribution in [0.3, 0.4) is 0 Å². The van der Waals surface area contributed by atoms with Crippen LogP contribution in [0.1, 0.15) is 26.2 Å². The summed E-state index contributed by atoms with van der Waals surface area (Å²) in [5.74, 6) is -1.83. The molecular weight excluding hydrogens is 272 g/mol. The highest BCUT2D eigenvalue weighted by Crippen LogP contribution is 2.19. The van der Waals surface area contributed by atoms with Gasteiger partial charge in [0.1, 0.15) is 6.54 Å². The van der Waals surface area contributed by atoms with E-state index in [1.165, 1.54) is 0 Å². The summed E-state index contributed by atoms with van der Waals surface area (Å²) in [5.41, 5.74) is 5.71. The molecule has 7 nitrogen and oxygen atoms in total. The van der Waals surface area contributed by atoms with Crippen LogP contribution in [0.25, 0.3) is 0 Å². The predicted molar refractivity (Wildman–Crippen MR) is 69.3 cm³/mol. The third-order valence-electron chi connectivity index (χ3n) is 3.15. The van der Waals surface area contributed by atoms with Crippen LogP contribution < -0.4 is 5.73 Å². The highest BCUT2D eigenvalue weighted by molar-refractivity contribution is 7.91. The van der Waals surface area contributed by atoms with Gasteiger partial charge in [-0.05, 0) is 12.8 Å². The molecule has 0 saturated carbocycles. The fourth-order valence-corrected chi connectivity index (χ4v) is 3.93. The normalized spacial score (nSPS) is 22.9. The predicted octanol–water partition coefficient (Wildman–Crippen LogP) is -0.786. The lowest BCUT2D eigenvalue weighted by Gasteiger charge is -2.29. The first-order valence-corrected chi connectivity index (χ1v) is 8.07. The van der Waals surface area contributed by atoms with Crippen LogP contribution in [-0.4, -0.2) is 60.4 Å². The molecule has 8 heteroatoms. The number of nitrogens with zero attached hydrogens (tertiary/aromatic N) is 1. The number of nitrogens with two attached hydrogens (primary N) is 1. The summed E-state index contributed by atoms with van der Waals surface area (Å²) in [4.78, 5) is 24.0. The van der Waals surface area contributed by atoms with Crippen molar-refractivity contribution >= 4 is 21.7 Å². The van der Waals surface area contributed by atoms with Crippen molar-refractivity contribution in [2.45, 2.75) is 38.3 Å². The molecule has 2 atom stereocenters. The molecule has 19 heavy (non-hydrogen) atoms. The van der Waals surface area contributed by atoms with Crippen LogP contribution >= 0.6 is 0 Å². The van der Waals surface area contributed by atoms with E-state index < -0.39 is 40.3 Å². The quantitative estimate of drug-likeness (QED) is 0.662. The average Bonchev–Trinajstić information content (AvgIpc) is 2.65. The van der Waals surface area contributed by atoms with Crippen LogP contribution in [0, 0.1) is 0 Å². The Morgan fingerprint density at radius 3 is 2.53 bits per heavy atom. The van der Waals surface area contributed by atoms with E-state index >= 15 is 0 Å². The zero-order valence-electron chi connectivity index (χ0n) is 10.9. The molecule has 0 aliphatic carbocycles. The van der Waals surface area contributed by atoms with Crippen molar-refractivity contribution in [2.75, 3.05) is 18.1 Å². The molecule has 1 rings (SSSR count). The molecule has 0 aromatic heterocycles. The number of rotatable bonds is 6. The van der Waals surface area contributed by atoms with Crippen LogP contribution in [0.4, 0.5) is 0 Å². The SMILES string of the molecule is CCC[C@H](N)C(=O)N(CC(=O)O)C1CCS(=O)(=O)C1. The molecule has 1 amide bonds. The van der Waals surface area contributed by atoms with Gasteiger partial charge in [-0.2, -0.15) is 0 Å². The van der Waals surface area contributed by atoms with E-state index in [0.717, 1.165) is 4.90 Å². The Balaban J connectivity index is 2.83. The van der Waals surface area contributed by atoms with Gasteiger partial charge < -0.3 is 15.7 Å². The lowest BCUT2D eigenvalue weighted by Crippen LogP contribution is -2.51. The highest BCUT2D eigenvalue weighted by atomic mass is 32.2. The molecule has 0 spiro atoms. The zero-order valence-corrected chi connectivity index (χ0v) is 11.7. The molecule has 0 aromatic rings. The Morgan fingerprint density at radius 2 is 2.11 bits per heavy atom. The van der Waals surface area contributed by atoms with E-state index in [2.05, 4.69) is 0 Å². The standard InChI is InChI=1S/C11H20N2O5S/c1-2-3-9(12)11(16)13(6-10(14)15)8-4-5-19(17,18)7-8/h8-9H,2-7,12H2,1H3,(H,14,15)/t8?,9-/m0/s1. The van der Waals surface area contributed by atoms with Crippen molar-refractivity contribution in [3.05, 3.63) is 0 Å². The topological polar surface area (TPSA) is 118 Å². The minimum absolute atomic E-state index is 0.00984. The maximum atomic E-state index is 12.1. The lowest BCUT2D eigenvalue weighted by atomic mass is 10.1. The van der Waals surface area contributed by atoms with Gasteiger partial charge in [0, 0.05) is 6.04 Å². The summed E-state index contributed by atoms with van der Waals surface area (Å²) in [5, 5.41) is 8.85. The van der Waals surface area contributed by atoms with E-state index in [1.807, 2.05) is 6.92 Å². The maximum absolute atomic E-state index is 12.1. The first kappa shape index (κ1) is 15.9. The largest absolute Gasteiger partial charge is 0.480 e. The van der Waals surface area contributed by atoms with Gasteiger partial charge in [-0.3, -0.25) is 9.59 Å². The smallest absolute Gasteiger partial charge is 0.323 e. The van der Waals surface area contributed by atoms with Crippen LogP contribution in [0.15, 0.2) is 0 Å². The summed E-state index contributed by atoms with van der Waals surface area (Å²) < 4.78 is 22.9. The van der Waals surface area contributed by atoms with Gasteiger partial charge in [0.2, 0.25) is 5.91 Å². The molecular formula is C11H20N2O5S. The number of carbonyl (C=O) groups excluding carboxylic acids is 1. The molecule has 110 valence electrons. The second-order valence-corrected chi connectivity index (χ2v) is 7.04. The number of carboxylic acids is 1. The Kier molecular flexibility index (Phi) is 5.30. The minimum Gasteiger partial charge on any atom is -0.480 e. The fraction of sp³-hybridized carbons (Fsp3) is 0.818. The van der Waals surface area contributed by atoms with Gasteiger partial charge in [-0.1, -0.05) is 13.3 Å². The molecule has 0 aromatic carbocycles. The number of carbonyl (C=O) groups is 2. The monoisotopic (exact) mass is 292 g/mol. The highest BCUT2D eigenvalue weighted by Gasteiger charge is 2.36. The van der Waals surface area contributed by atoms with E-state index in [9.17, 15) is 18.0 Å². The Morgan fingerprint density at radius 1 is 1.47 bits per heavy atom. The van der Waals surface area contributed by atoms with Crippen molar-refractivity contribution in [3.8, 4) is 0 Å². The molecule has 1 fully saturated rings. The van der Waals surface area contributed by atoms with Gasteiger partial charge >= 0.3 is 5.97 Å². The molecule has 0 bridgehead atoms. The average molecular weight is 292 g/mol. The second-order valence-electron chi connectivity index (χ2n) is 4.81. The van der Waals surface area contributed by atoms with E-state index in [-0.39, 0.29) is 17.9 Å². The van der Waals surface area contributed by atoms with Crippen LogP contribution in [0.2, 0.25) is 0 Å². The van der Waals surface area contributed by atoms with Crippen LogP contribution in [0.5, 0.6) is 0 Å². The Hall–Kier alpha value is -1.15. The van der Waals surface area contributed by atoms with E-state index in [4.69, 9.17) is 10.8 Å². The summed E-state index contributed by atoms with van der Waals surface area (Å²) in [6.45, 7) is 1.37. The Labute approximate surface area is 112 Å².